The number of carbonyl (C=O) groups excluding carboxylic acids is 1. The first-order valence-electron chi connectivity index (χ1n) is 9.52. The number of amides is 1. The largest absolute Gasteiger partial charge is 0.497 e. The maximum absolute atomic E-state index is 12.5. The number of methoxy groups -OCH3 is 1. The van der Waals surface area contributed by atoms with Crippen LogP contribution in [0.5, 0.6) is 5.75 Å². The van der Waals surface area contributed by atoms with Gasteiger partial charge in [-0.05, 0) is 48.2 Å². The van der Waals surface area contributed by atoms with Crippen molar-refractivity contribution in [3.05, 3.63) is 59.5 Å². The average molecular weight is 379 g/mol. The molecule has 0 unspecified atom stereocenters. The molecule has 146 valence electrons. The highest BCUT2D eigenvalue weighted by molar-refractivity contribution is 5.92. The molecule has 1 heterocycles. The summed E-state index contributed by atoms with van der Waals surface area (Å²) in [5.74, 6) is 1.66. The Morgan fingerprint density at radius 3 is 2.36 bits per heavy atom. The number of ether oxygens (including phenoxy) is 1. The lowest BCUT2D eigenvalue weighted by Crippen LogP contribution is -2.15. The van der Waals surface area contributed by atoms with E-state index >= 15 is 0 Å². The minimum atomic E-state index is -0.0557. The summed E-state index contributed by atoms with van der Waals surface area (Å²) in [7, 11) is 1.62. The first-order valence-corrected chi connectivity index (χ1v) is 9.52. The van der Waals surface area contributed by atoms with Crippen LogP contribution in [0.2, 0.25) is 0 Å². The van der Waals surface area contributed by atoms with Gasteiger partial charge in [0.1, 0.15) is 5.75 Å². The molecule has 0 radical (unpaired) electrons. The van der Waals surface area contributed by atoms with Gasteiger partial charge < -0.3 is 14.6 Å². The number of para-hydroxylation sites is 1. The van der Waals surface area contributed by atoms with Crippen molar-refractivity contribution in [3.63, 3.8) is 0 Å². The van der Waals surface area contributed by atoms with Crippen molar-refractivity contribution in [3.8, 4) is 17.1 Å². The third-order valence-electron chi connectivity index (χ3n) is 4.65. The van der Waals surface area contributed by atoms with E-state index in [1.807, 2.05) is 42.5 Å². The number of anilines is 1. The maximum atomic E-state index is 12.5. The minimum absolute atomic E-state index is 0.0557. The van der Waals surface area contributed by atoms with Crippen LogP contribution in [0.1, 0.15) is 37.3 Å². The van der Waals surface area contributed by atoms with E-state index in [9.17, 15) is 4.79 Å². The summed E-state index contributed by atoms with van der Waals surface area (Å²) in [6, 6.07) is 13.6. The molecular weight excluding hydrogens is 354 g/mol. The van der Waals surface area contributed by atoms with E-state index in [1.54, 1.807) is 7.11 Å². The molecular formula is C22H25N3O3. The standard InChI is InChI=1S/C22H25N3O3/c1-4-15-7-6-8-16(5-2)21(15)23-19(26)13-14-20-24-22(25-28-20)17-9-11-18(27-3)12-10-17/h6-12H,4-5,13-14H2,1-3H3,(H,23,26). The molecule has 0 fully saturated rings. The SMILES string of the molecule is CCc1cccc(CC)c1NC(=O)CCc1nc(-c2ccc(OC)cc2)no1. The van der Waals surface area contributed by atoms with Crippen molar-refractivity contribution in [2.75, 3.05) is 12.4 Å². The number of aromatic nitrogens is 2. The molecule has 6 heteroatoms. The topological polar surface area (TPSA) is 77.2 Å². The third-order valence-corrected chi connectivity index (χ3v) is 4.65. The molecule has 0 bridgehead atoms. The van der Waals surface area contributed by atoms with Gasteiger partial charge in [0.15, 0.2) is 0 Å². The van der Waals surface area contributed by atoms with E-state index in [2.05, 4.69) is 29.3 Å². The molecule has 0 aliphatic rings. The maximum Gasteiger partial charge on any atom is 0.227 e. The smallest absolute Gasteiger partial charge is 0.227 e. The van der Waals surface area contributed by atoms with E-state index in [0.717, 1.165) is 41.0 Å². The average Bonchev–Trinajstić information content (AvgIpc) is 3.21. The van der Waals surface area contributed by atoms with Crippen LogP contribution < -0.4 is 10.1 Å². The van der Waals surface area contributed by atoms with Crippen LogP contribution >= 0.6 is 0 Å². The second-order valence-corrected chi connectivity index (χ2v) is 6.45. The van der Waals surface area contributed by atoms with Gasteiger partial charge in [-0.25, -0.2) is 0 Å². The van der Waals surface area contributed by atoms with Gasteiger partial charge in [-0.3, -0.25) is 4.79 Å². The highest BCUT2D eigenvalue weighted by Crippen LogP contribution is 2.23. The molecule has 0 saturated heterocycles. The molecule has 0 saturated carbocycles. The Bertz CT molecular complexity index is 910. The highest BCUT2D eigenvalue weighted by atomic mass is 16.5. The second-order valence-electron chi connectivity index (χ2n) is 6.45. The molecule has 1 amide bonds. The summed E-state index contributed by atoms with van der Waals surface area (Å²) in [5.41, 5.74) is 4.06. The van der Waals surface area contributed by atoms with Crippen molar-refractivity contribution in [2.45, 2.75) is 39.5 Å². The Hall–Kier alpha value is -3.15. The number of nitrogens with one attached hydrogen (secondary N) is 1. The van der Waals surface area contributed by atoms with E-state index in [4.69, 9.17) is 9.26 Å². The van der Waals surface area contributed by atoms with E-state index in [1.165, 1.54) is 0 Å². The minimum Gasteiger partial charge on any atom is -0.497 e. The molecule has 3 aromatic rings. The third kappa shape index (κ3) is 4.57. The zero-order valence-electron chi connectivity index (χ0n) is 16.5. The Kier molecular flexibility index (Phi) is 6.42. The summed E-state index contributed by atoms with van der Waals surface area (Å²) >= 11 is 0. The number of hydrogen-bond donors (Lipinski definition) is 1. The fourth-order valence-corrected chi connectivity index (χ4v) is 3.04. The first kappa shape index (κ1) is 19.6. The molecule has 0 spiro atoms. The van der Waals surface area contributed by atoms with Gasteiger partial charge in [0, 0.05) is 24.1 Å². The lowest BCUT2D eigenvalue weighted by Gasteiger charge is -2.14. The van der Waals surface area contributed by atoms with E-state index in [-0.39, 0.29) is 12.3 Å². The van der Waals surface area contributed by atoms with Crippen LogP contribution in [0, 0.1) is 0 Å². The van der Waals surface area contributed by atoms with Crippen molar-refractivity contribution < 1.29 is 14.1 Å². The van der Waals surface area contributed by atoms with Crippen molar-refractivity contribution in [1.29, 1.82) is 0 Å². The highest BCUT2D eigenvalue weighted by Gasteiger charge is 2.13. The van der Waals surface area contributed by atoms with Crippen LogP contribution in [-0.4, -0.2) is 23.2 Å². The number of rotatable bonds is 8. The van der Waals surface area contributed by atoms with Crippen LogP contribution in [0.15, 0.2) is 47.0 Å². The Labute approximate surface area is 164 Å². The summed E-state index contributed by atoms with van der Waals surface area (Å²) in [6.45, 7) is 4.17. The Morgan fingerprint density at radius 1 is 1.07 bits per heavy atom. The quantitative estimate of drug-likeness (QED) is 0.626. The zero-order valence-corrected chi connectivity index (χ0v) is 16.5. The van der Waals surface area contributed by atoms with Crippen LogP contribution in [0.4, 0.5) is 5.69 Å². The predicted molar refractivity (Wildman–Crippen MR) is 108 cm³/mol. The molecule has 1 N–H and O–H groups in total. The number of carbonyl (C=O) groups is 1. The number of benzene rings is 2. The monoisotopic (exact) mass is 379 g/mol. The van der Waals surface area contributed by atoms with Gasteiger partial charge in [-0.15, -0.1) is 0 Å². The normalized spacial score (nSPS) is 10.7. The molecule has 3 rings (SSSR count). The van der Waals surface area contributed by atoms with Crippen LogP contribution in [0.25, 0.3) is 11.4 Å². The van der Waals surface area contributed by atoms with Crippen molar-refractivity contribution in [1.82, 2.24) is 10.1 Å². The number of nitrogens with zero attached hydrogens (tertiary/aromatic N) is 2. The van der Waals surface area contributed by atoms with E-state index < -0.39 is 0 Å². The second kappa shape index (κ2) is 9.17. The van der Waals surface area contributed by atoms with Crippen molar-refractivity contribution >= 4 is 11.6 Å². The molecule has 6 nitrogen and oxygen atoms in total. The van der Waals surface area contributed by atoms with Gasteiger partial charge in [0.2, 0.25) is 17.6 Å². The van der Waals surface area contributed by atoms with Crippen LogP contribution in [-0.2, 0) is 24.1 Å². The Balaban J connectivity index is 1.62. The summed E-state index contributed by atoms with van der Waals surface area (Å²) < 4.78 is 10.4. The first-order chi connectivity index (χ1) is 13.6. The molecule has 0 aliphatic heterocycles. The Morgan fingerprint density at radius 2 is 1.75 bits per heavy atom. The number of hydrogen-bond acceptors (Lipinski definition) is 5. The van der Waals surface area contributed by atoms with Gasteiger partial charge in [-0.2, -0.15) is 4.98 Å². The molecule has 28 heavy (non-hydrogen) atoms. The lowest BCUT2D eigenvalue weighted by molar-refractivity contribution is -0.116. The summed E-state index contributed by atoms with van der Waals surface area (Å²) in [5, 5.41) is 7.06. The van der Waals surface area contributed by atoms with Crippen LogP contribution in [0.3, 0.4) is 0 Å². The van der Waals surface area contributed by atoms with Gasteiger partial charge in [0.25, 0.3) is 0 Å². The van der Waals surface area contributed by atoms with Gasteiger partial charge >= 0.3 is 0 Å². The molecule has 0 atom stereocenters. The summed E-state index contributed by atoms with van der Waals surface area (Å²) in [6.07, 6.45) is 2.42. The molecule has 0 aliphatic carbocycles. The fraction of sp³-hybridized carbons (Fsp3) is 0.318. The predicted octanol–water partition coefficient (Wildman–Crippen LogP) is 4.44. The summed E-state index contributed by atoms with van der Waals surface area (Å²) in [4.78, 5) is 16.8. The van der Waals surface area contributed by atoms with Gasteiger partial charge in [0.05, 0.1) is 7.11 Å². The van der Waals surface area contributed by atoms with E-state index in [0.29, 0.717) is 18.1 Å². The van der Waals surface area contributed by atoms with Crippen molar-refractivity contribution in [2.24, 2.45) is 0 Å². The molecule has 2 aromatic carbocycles. The fourth-order valence-electron chi connectivity index (χ4n) is 3.04. The zero-order chi connectivity index (χ0) is 19.9. The lowest BCUT2D eigenvalue weighted by atomic mass is 10.0. The van der Waals surface area contributed by atoms with Gasteiger partial charge in [-0.1, -0.05) is 37.2 Å². The number of aryl methyl sites for hydroxylation is 3. The molecule has 1 aromatic heterocycles.